The van der Waals surface area contributed by atoms with Crippen LogP contribution in [-0.4, -0.2) is 29.8 Å². The summed E-state index contributed by atoms with van der Waals surface area (Å²) < 4.78 is 17.0. The number of hydrogen-bond acceptors (Lipinski definition) is 6. The minimum atomic E-state index is -0.539. The maximum Gasteiger partial charge on any atom is 0.267 e. The molecule has 3 aromatic heterocycles. The lowest BCUT2D eigenvalue weighted by molar-refractivity contribution is 0.587. The van der Waals surface area contributed by atoms with Gasteiger partial charge in [0.1, 0.15) is 23.3 Å². The van der Waals surface area contributed by atoms with E-state index < -0.39 is 5.82 Å². The molecule has 4 rings (SSSR count). The molecule has 4 aromatic rings. The van der Waals surface area contributed by atoms with E-state index in [0.717, 1.165) is 0 Å². The van der Waals surface area contributed by atoms with Crippen LogP contribution in [-0.2, 0) is 13.6 Å². The standard InChI is InChI=1S/C20H13ClFN7O/c1-28-18(20(26-27-28)15-6-5-13(21)8-16(15)22)11-29-19(30)7-12(10-24-29)17-4-2-3-14(9-23)25-17/h2-8,10H,11H2,1H3. The van der Waals surface area contributed by atoms with Crippen LogP contribution >= 0.6 is 11.6 Å². The van der Waals surface area contributed by atoms with Gasteiger partial charge in [0, 0.05) is 29.3 Å². The molecule has 0 spiro atoms. The summed E-state index contributed by atoms with van der Waals surface area (Å²) in [5, 5.41) is 21.4. The number of pyridine rings is 1. The minimum Gasteiger partial charge on any atom is -0.268 e. The van der Waals surface area contributed by atoms with Crippen molar-refractivity contribution in [3.05, 3.63) is 81.2 Å². The lowest BCUT2D eigenvalue weighted by Crippen LogP contribution is -2.24. The molecule has 0 aliphatic rings. The predicted molar refractivity (Wildman–Crippen MR) is 107 cm³/mol. The van der Waals surface area contributed by atoms with Crippen LogP contribution in [0.2, 0.25) is 5.02 Å². The highest BCUT2D eigenvalue weighted by Crippen LogP contribution is 2.26. The number of rotatable bonds is 4. The molecular weight excluding hydrogens is 409 g/mol. The van der Waals surface area contributed by atoms with Crippen LogP contribution in [0.1, 0.15) is 11.4 Å². The monoisotopic (exact) mass is 421 g/mol. The lowest BCUT2D eigenvalue weighted by atomic mass is 10.1. The molecule has 30 heavy (non-hydrogen) atoms. The summed E-state index contributed by atoms with van der Waals surface area (Å²) >= 11 is 5.82. The normalized spacial score (nSPS) is 10.7. The van der Waals surface area contributed by atoms with Gasteiger partial charge in [-0.3, -0.25) is 4.79 Å². The van der Waals surface area contributed by atoms with E-state index in [0.29, 0.717) is 22.6 Å². The molecule has 0 saturated carbocycles. The molecule has 0 bridgehead atoms. The summed E-state index contributed by atoms with van der Waals surface area (Å²) in [4.78, 5) is 16.8. The molecule has 3 heterocycles. The van der Waals surface area contributed by atoms with Crippen molar-refractivity contribution < 1.29 is 4.39 Å². The molecule has 0 radical (unpaired) electrons. The van der Waals surface area contributed by atoms with E-state index >= 15 is 0 Å². The summed E-state index contributed by atoms with van der Waals surface area (Å²) in [6.45, 7) is 0.0334. The van der Waals surface area contributed by atoms with E-state index in [1.165, 1.54) is 33.8 Å². The van der Waals surface area contributed by atoms with Crippen LogP contribution in [0.15, 0.2) is 53.5 Å². The van der Waals surface area contributed by atoms with Crippen LogP contribution < -0.4 is 5.56 Å². The first-order valence-corrected chi connectivity index (χ1v) is 9.12. The molecular formula is C20H13ClFN7O. The van der Waals surface area contributed by atoms with Gasteiger partial charge < -0.3 is 0 Å². The topological polar surface area (TPSA) is 102 Å². The lowest BCUT2D eigenvalue weighted by Gasteiger charge is -2.08. The molecule has 148 valence electrons. The Kier molecular flexibility index (Phi) is 5.08. The average Bonchev–Trinajstić information content (AvgIpc) is 3.09. The summed E-state index contributed by atoms with van der Waals surface area (Å²) in [6, 6.07) is 12.5. The second kappa shape index (κ2) is 7.85. The third-order valence-corrected chi connectivity index (χ3v) is 4.69. The van der Waals surface area contributed by atoms with E-state index in [-0.39, 0.29) is 28.4 Å². The first-order valence-electron chi connectivity index (χ1n) is 8.75. The number of aryl methyl sites for hydroxylation is 1. The number of nitriles is 1. The number of halogens is 2. The maximum absolute atomic E-state index is 14.4. The van der Waals surface area contributed by atoms with E-state index in [2.05, 4.69) is 20.4 Å². The molecule has 0 amide bonds. The molecule has 1 aromatic carbocycles. The fraction of sp³-hybridized carbons (Fsp3) is 0.100. The molecule has 10 heteroatoms. The van der Waals surface area contributed by atoms with Crippen LogP contribution in [0.4, 0.5) is 4.39 Å². The fourth-order valence-corrected chi connectivity index (χ4v) is 3.10. The Bertz CT molecular complexity index is 1360. The summed E-state index contributed by atoms with van der Waals surface area (Å²) in [5.41, 5.74) is 1.84. The summed E-state index contributed by atoms with van der Waals surface area (Å²) in [5.74, 6) is -0.539. The second-order valence-electron chi connectivity index (χ2n) is 6.39. The number of benzene rings is 1. The zero-order chi connectivity index (χ0) is 21.3. The zero-order valence-corrected chi connectivity index (χ0v) is 16.4. The van der Waals surface area contributed by atoms with Crippen molar-refractivity contribution >= 4 is 11.6 Å². The number of aromatic nitrogens is 6. The van der Waals surface area contributed by atoms with Gasteiger partial charge in [-0.2, -0.15) is 10.4 Å². The molecule has 8 nitrogen and oxygen atoms in total. The van der Waals surface area contributed by atoms with Gasteiger partial charge in [-0.15, -0.1) is 5.10 Å². The van der Waals surface area contributed by atoms with Crippen molar-refractivity contribution in [1.82, 2.24) is 29.8 Å². The molecule has 0 aliphatic carbocycles. The Labute approximate surface area is 174 Å². The van der Waals surface area contributed by atoms with E-state index in [9.17, 15) is 9.18 Å². The Morgan fingerprint density at radius 2 is 2.07 bits per heavy atom. The van der Waals surface area contributed by atoms with Crippen LogP contribution in [0, 0.1) is 17.1 Å². The van der Waals surface area contributed by atoms with Crippen molar-refractivity contribution in [1.29, 1.82) is 5.26 Å². The first kappa shape index (κ1) is 19.4. The average molecular weight is 422 g/mol. The Balaban J connectivity index is 1.70. The van der Waals surface area contributed by atoms with Gasteiger partial charge in [0.2, 0.25) is 0 Å². The molecule has 0 saturated heterocycles. The predicted octanol–water partition coefficient (Wildman–Crippen LogP) is 2.81. The highest BCUT2D eigenvalue weighted by molar-refractivity contribution is 6.30. The van der Waals surface area contributed by atoms with Gasteiger partial charge in [0.25, 0.3) is 5.56 Å². The van der Waals surface area contributed by atoms with Crippen molar-refractivity contribution in [2.24, 2.45) is 7.05 Å². The Morgan fingerprint density at radius 1 is 1.23 bits per heavy atom. The molecule has 0 unspecified atom stereocenters. The smallest absolute Gasteiger partial charge is 0.267 e. The fourth-order valence-electron chi connectivity index (χ4n) is 2.94. The first-order chi connectivity index (χ1) is 14.5. The zero-order valence-electron chi connectivity index (χ0n) is 15.6. The number of nitrogens with zero attached hydrogens (tertiary/aromatic N) is 7. The molecule has 0 fully saturated rings. The van der Waals surface area contributed by atoms with Crippen molar-refractivity contribution in [2.45, 2.75) is 6.54 Å². The van der Waals surface area contributed by atoms with Crippen molar-refractivity contribution in [2.75, 3.05) is 0 Å². The van der Waals surface area contributed by atoms with Gasteiger partial charge in [-0.25, -0.2) is 18.7 Å². The minimum absolute atomic E-state index is 0.0334. The SMILES string of the molecule is Cn1nnc(-c2ccc(Cl)cc2F)c1Cn1ncc(-c2cccc(C#N)n2)cc1=O. The second-order valence-corrected chi connectivity index (χ2v) is 6.83. The van der Waals surface area contributed by atoms with Gasteiger partial charge in [-0.05, 0) is 30.3 Å². The Morgan fingerprint density at radius 3 is 2.80 bits per heavy atom. The van der Waals surface area contributed by atoms with Crippen molar-refractivity contribution in [3.63, 3.8) is 0 Å². The van der Waals surface area contributed by atoms with Gasteiger partial charge in [0.15, 0.2) is 0 Å². The van der Waals surface area contributed by atoms with Gasteiger partial charge in [0.05, 0.1) is 24.1 Å². The van der Waals surface area contributed by atoms with Gasteiger partial charge >= 0.3 is 0 Å². The molecule has 0 aliphatic heterocycles. The summed E-state index contributed by atoms with van der Waals surface area (Å²) in [7, 11) is 1.65. The summed E-state index contributed by atoms with van der Waals surface area (Å²) in [6.07, 6.45) is 1.48. The van der Waals surface area contributed by atoms with E-state index in [4.69, 9.17) is 16.9 Å². The third-order valence-electron chi connectivity index (χ3n) is 4.46. The maximum atomic E-state index is 14.4. The van der Waals surface area contributed by atoms with Crippen LogP contribution in [0.25, 0.3) is 22.5 Å². The van der Waals surface area contributed by atoms with E-state index in [1.54, 1.807) is 31.3 Å². The highest BCUT2D eigenvalue weighted by atomic mass is 35.5. The number of hydrogen-bond donors (Lipinski definition) is 0. The Hall–Kier alpha value is -3.90. The van der Waals surface area contributed by atoms with E-state index in [1.807, 2.05) is 6.07 Å². The largest absolute Gasteiger partial charge is 0.268 e. The van der Waals surface area contributed by atoms with Crippen molar-refractivity contribution in [3.8, 4) is 28.6 Å². The van der Waals surface area contributed by atoms with Gasteiger partial charge in [-0.1, -0.05) is 22.9 Å². The molecule has 0 N–H and O–H groups in total. The molecule has 0 atom stereocenters. The quantitative estimate of drug-likeness (QED) is 0.502. The third kappa shape index (κ3) is 3.68. The highest BCUT2D eigenvalue weighted by Gasteiger charge is 2.18. The van der Waals surface area contributed by atoms with Crippen LogP contribution in [0.5, 0.6) is 0 Å². The van der Waals surface area contributed by atoms with Crippen LogP contribution in [0.3, 0.4) is 0 Å².